The number of ether oxygens (including phenoxy) is 2. The second kappa shape index (κ2) is 10.3. The summed E-state index contributed by atoms with van der Waals surface area (Å²) in [5.41, 5.74) is 1.65. The van der Waals surface area contributed by atoms with Gasteiger partial charge in [0, 0.05) is 0 Å². The number of aliphatic carboxylic acids is 1. The molecule has 0 aliphatic carbocycles. The Morgan fingerprint density at radius 1 is 1.04 bits per heavy atom. The summed E-state index contributed by atoms with van der Waals surface area (Å²) in [6.45, 7) is 2.83. The van der Waals surface area contributed by atoms with Crippen molar-refractivity contribution in [1.29, 1.82) is 0 Å². The maximum atomic E-state index is 11.6. The lowest BCUT2D eigenvalue weighted by Gasteiger charge is -2.12. The van der Waals surface area contributed by atoms with E-state index in [4.69, 9.17) is 9.47 Å². The van der Waals surface area contributed by atoms with E-state index in [-0.39, 0.29) is 5.57 Å². The Labute approximate surface area is 155 Å². The van der Waals surface area contributed by atoms with Gasteiger partial charge in [-0.3, -0.25) is 0 Å². The second-order valence-corrected chi connectivity index (χ2v) is 6.05. The number of benzene rings is 2. The van der Waals surface area contributed by atoms with Gasteiger partial charge in [-0.1, -0.05) is 62.6 Å². The van der Waals surface area contributed by atoms with Gasteiger partial charge >= 0.3 is 5.97 Å². The van der Waals surface area contributed by atoms with Gasteiger partial charge in [0.25, 0.3) is 0 Å². The molecule has 0 unspecified atom stereocenters. The molecule has 0 amide bonds. The Balaban J connectivity index is 2.18. The zero-order valence-electron chi connectivity index (χ0n) is 15.4. The molecular weight excluding hydrogens is 328 g/mol. The Morgan fingerprint density at radius 3 is 2.46 bits per heavy atom. The minimum atomic E-state index is -0.966. The molecule has 0 spiro atoms. The maximum Gasteiger partial charge on any atom is 0.336 e. The lowest BCUT2D eigenvalue weighted by Crippen LogP contribution is -2.01. The molecule has 0 aliphatic rings. The number of rotatable bonds is 10. The standard InChI is InChI=1S/C22H26O4/c1-3-4-5-9-14-26-20-13-12-17(16-21(20)25-2)15-19(22(23)24)18-10-7-6-8-11-18/h6-8,10-13,15-16H,3-5,9,14H2,1-2H3,(H,23,24)/b19-15+. The Hall–Kier alpha value is -2.75. The first-order chi connectivity index (χ1) is 12.7. The SMILES string of the molecule is CCCCCCOc1ccc(/C=C(/C(=O)O)c2ccccc2)cc1OC. The Bertz CT molecular complexity index is 735. The highest BCUT2D eigenvalue weighted by Gasteiger charge is 2.11. The predicted molar refractivity (Wildman–Crippen MR) is 105 cm³/mol. The van der Waals surface area contributed by atoms with Gasteiger partial charge in [-0.05, 0) is 35.8 Å². The third kappa shape index (κ3) is 5.66. The monoisotopic (exact) mass is 354 g/mol. The fourth-order valence-electron chi connectivity index (χ4n) is 2.66. The van der Waals surface area contributed by atoms with E-state index in [0.29, 0.717) is 23.7 Å². The molecule has 0 heterocycles. The lowest BCUT2D eigenvalue weighted by atomic mass is 10.0. The molecule has 0 saturated heterocycles. The maximum absolute atomic E-state index is 11.6. The van der Waals surface area contributed by atoms with Crippen LogP contribution in [0.5, 0.6) is 11.5 Å². The van der Waals surface area contributed by atoms with Crippen LogP contribution in [0.2, 0.25) is 0 Å². The summed E-state index contributed by atoms with van der Waals surface area (Å²) in [5.74, 6) is 0.316. The third-order valence-corrected chi connectivity index (χ3v) is 4.07. The normalized spacial score (nSPS) is 11.2. The molecule has 2 aromatic rings. The van der Waals surface area contributed by atoms with E-state index in [9.17, 15) is 9.90 Å². The van der Waals surface area contributed by atoms with Crippen LogP contribution in [0.4, 0.5) is 0 Å². The summed E-state index contributed by atoms with van der Waals surface area (Å²) in [6.07, 6.45) is 6.21. The first-order valence-corrected chi connectivity index (χ1v) is 8.97. The van der Waals surface area contributed by atoms with Crippen LogP contribution in [-0.2, 0) is 4.79 Å². The molecule has 2 aromatic carbocycles. The predicted octanol–water partition coefficient (Wildman–Crippen LogP) is 5.28. The largest absolute Gasteiger partial charge is 0.493 e. The van der Waals surface area contributed by atoms with Gasteiger partial charge in [-0.2, -0.15) is 0 Å². The van der Waals surface area contributed by atoms with Crippen molar-refractivity contribution in [3.8, 4) is 11.5 Å². The average Bonchev–Trinajstić information content (AvgIpc) is 2.67. The van der Waals surface area contributed by atoms with Crippen molar-refractivity contribution >= 4 is 17.6 Å². The first-order valence-electron chi connectivity index (χ1n) is 8.97. The summed E-state index contributed by atoms with van der Waals surface area (Å²) in [7, 11) is 1.59. The highest BCUT2D eigenvalue weighted by atomic mass is 16.5. The van der Waals surface area contributed by atoms with Crippen molar-refractivity contribution in [2.75, 3.05) is 13.7 Å². The minimum absolute atomic E-state index is 0.237. The van der Waals surface area contributed by atoms with E-state index in [1.54, 1.807) is 31.4 Å². The number of hydrogen-bond donors (Lipinski definition) is 1. The smallest absolute Gasteiger partial charge is 0.336 e. The molecule has 26 heavy (non-hydrogen) atoms. The minimum Gasteiger partial charge on any atom is -0.493 e. The van der Waals surface area contributed by atoms with E-state index in [0.717, 1.165) is 18.4 Å². The van der Waals surface area contributed by atoms with Crippen LogP contribution < -0.4 is 9.47 Å². The number of methoxy groups -OCH3 is 1. The van der Waals surface area contributed by atoms with Gasteiger partial charge in [0.2, 0.25) is 0 Å². The first kappa shape index (κ1) is 19.6. The Morgan fingerprint density at radius 2 is 1.81 bits per heavy atom. The number of carboxylic acid groups (broad SMARTS) is 1. The van der Waals surface area contributed by atoms with Crippen molar-refractivity contribution in [2.24, 2.45) is 0 Å². The highest BCUT2D eigenvalue weighted by Crippen LogP contribution is 2.30. The topological polar surface area (TPSA) is 55.8 Å². The van der Waals surface area contributed by atoms with Crippen LogP contribution in [0.25, 0.3) is 11.6 Å². The molecule has 0 saturated carbocycles. The summed E-state index contributed by atoms with van der Waals surface area (Å²) < 4.78 is 11.2. The molecule has 0 bridgehead atoms. The van der Waals surface area contributed by atoms with E-state index in [2.05, 4.69) is 6.92 Å². The molecule has 0 aliphatic heterocycles. The molecular formula is C22H26O4. The van der Waals surface area contributed by atoms with Gasteiger partial charge in [0.1, 0.15) is 0 Å². The highest BCUT2D eigenvalue weighted by molar-refractivity contribution is 6.20. The number of hydrogen-bond acceptors (Lipinski definition) is 3. The van der Waals surface area contributed by atoms with Gasteiger partial charge in [0.15, 0.2) is 11.5 Å². The van der Waals surface area contributed by atoms with E-state index in [1.165, 1.54) is 12.8 Å². The molecule has 0 atom stereocenters. The van der Waals surface area contributed by atoms with Crippen LogP contribution in [0.3, 0.4) is 0 Å². The van der Waals surface area contributed by atoms with E-state index < -0.39 is 5.97 Å². The van der Waals surface area contributed by atoms with Gasteiger partial charge in [-0.25, -0.2) is 4.79 Å². The van der Waals surface area contributed by atoms with Gasteiger partial charge in [-0.15, -0.1) is 0 Å². The van der Waals surface area contributed by atoms with Crippen molar-refractivity contribution in [3.05, 3.63) is 59.7 Å². The van der Waals surface area contributed by atoms with Crippen LogP contribution in [0.1, 0.15) is 43.7 Å². The van der Waals surface area contributed by atoms with Crippen LogP contribution in [-0.4, -0.2) is 24.8 Å². The fraction of sp³-hybridized carbons (Fsp3) is 0.318. The van der Waals surface area contributed by atoms with Crippen LogP contribution in [0, 0.1) is 0 Å². The number of carboxylic acids is 1. The molecule has 0 fully saturated rings. The van der Waals surface area contributed by atoms with E-state index in [1.807, 2.05) is 30.3 Å². The molecule has 138 valence electrons. The van der Waals surface area contributed by atoms with Crippen molar-refractivity contribution in [3.63, 3.8) is 0 Å². The molecule has 4 nitrogen and oxygen atoms in total. The van der Waals surface area contributed by atoms with Crippen LogP contribution in [0.15, 0.2) is 48.5 Å². The molecule has 0 aromatic heterocycles. The summed E-state index contributed by atoms with van der Waals surface area (Å²) >= 11 is 0. The third-order valence-electron chi connectivity index (χ3n) is 4.07. The Kier molecular flexibility index (Phi) is 7.75. The average molecular weight is 354 g/mol. The number of unbranched alkanes of at least 4 members (excludes halogenated alkanes) is 3. The van der Waals surface area contributed by atoms with Crippen molar-refractivity contribution < 1.29 is 19.4 Å². The summed E-state index contributed by atoms with van der Waals surface area (Å²) in [5, 5.41) is 9.53. The summed E-state index contributed by atoms with van der Waals surface area (Å²) in [4.78, 5) is 11.6. The van der Waals surface area contributed by atoms with Gasteiger partial charge in [0.05, 0.1) is 19.3 Å². The quantitative estimate of drug-likeness (QED) is 0.358. The van der Waals surface area contributed by atoms with E-state index >= 15 is 0 Å². The fourth-order valence-corrected chi connectivity index (χ4v) is 2.66. The second-order valence-electron chi connectivity index (χ2n) is 6.05. The summed E-state index contributed by atoms with van der Waals surface area (Å²) in [6, 6.07) is 14.5. The molecule has 0 radical (unpaired) electrons. The lowest BCUT2D eigenvalue weighted by molar-refractivity contribution is -0.130. The van der Waals surface area contributed by atoms with Crippen molar-refractivity contribution in [2.45, 2.75) is 32.6 Å². The molecule has 2 rings (SSSR count). The molecule has 4 heteroatoms. The zero-order valence-corrected chi connectivity index (χ0v) is 15.4. The van der Waals surface area contributed by atoms with Crippen molar-refractivity contribution in [1.82, 2.24) is 0 Å². The number of carbonyl (C=O) groups is 1. The molecule has 1 N–H and O–H groups in total. The van der Waals surface area contributed by atoms with Gasteiger partial charge < -0.3 is 14.6 Å². The van der Waals surface area contributed by atoms with Crippen LogP contribution >= 0.6 is 0 Å². The zero-order chi connectivity index (χ0) is 18.8.